The molecular weight excluding hydrogens is 413 g/mol. The Morgan fingerprint density at radius 2 is 1.93 bits per heavy atom. The molecule has 3 heterocycles. The second-order valence-electron chi connectivity index (χ2n) is 7.58. The van der Waals surface area contributed by atoms with E-state index in [0.29, 0.717) is 18.9 Å². The van der Waals surface area contributed by atoms with Crippen LogP contribution in [0.25, 0.3) is 0 Å². The Bertz CT molecular complexity index is 961. The quantitative estimate of drug-likeness (QED) is 0.767. The number of hydrogen-bond acceptors (Lipinski definition) is 6. The number of amides is 3. The van der Waals surface area contributed by atoms with E-state index in [-0.39, 0.29) is 23.7 Å². The molecule has 1 fully saturated rings. The minimum atomic E-state index is -0.734. The summed E-state index contributed by atoms with van der Waals surface area (Å²) < 4.78 is 14.3. The lowest BCUT2D eigenvalue weighted by molar-refractivity contribution is -0.137. The smallest absolute Gasteiger partial charge is 0.328 e. The molecule has 3 aliphatic heterocycles. The maximum atomic E-state index is 14.3. The molecule has 10 heteroatoms. The molecule has 1 saturated heterocycles. The van der Waals surface area contributed by atoms with Gasteiger partial charge in [0.2, 0.25) is 5.96 Å². The zero-order valence-corrected chi connectivity index (χ0v) is 17.7. The molecule has 0 radical (unpaired) electrons. The molecule has 8 nitrogen and oxygen atoms in total. The first kappa shape index (κ1) is 20.6. The molecule has 2 unspecified atom stereocenters. The highest BCUT2D eigenvalue weighted by atomic mass is 35.5. The lowest BCUT2D eigenvalue weighted by Gasteiger charge is -2.40. The third-order valence-corrected chi connectivity index (χ3v) is 6.28. The number of benzene rings is 1. The molecular formula is C20H23ClFN5O3. The zero-order valence-electron chi connectivity index (χ0n) is 17.0. The van der Waals surface area contributed by atoms with Gasteiger partial charge in [-0.25, -0.2) is 14.2 Å². The molecule has 1 aromatic rings. The number of aliphatic hydroxyl groups excluding tert-OH is 1. The summed E-state index contributed by atoms with van der Waals surface area (Å²) in [5.41, 5.74) is 1.90. The largest absolute Gasteiger partial charge is 0.396 e. The monoisotopic (exact) mass is 435 g/mol. The minimum Gasteiger partial charge on any atom is -0.396 e. The van der Waals surface area contributed by atoms with Gasteiger partial charge in [0.05, 0.1) is 6.54 Å². The van der Waals surface area contributed by atoms with Gasteiger partial charge in [-0.05, 0) is 32.4 Å². The second kappa shape index (κ2) is 7.55. The van der Waals surface area contributed by atoms with Crippen LogP contribution in [0.1, 0.15) is 25.8 Å². The van der Waals surface area contributed by atoms with Crippen LogP contribution in [0.4, 0.5) is 9.18 Å². The van der Waals surface area contributed by atoms with Crippen molar-refractivity contribution in [3.8, 4) is 0 Å². The van der Waals surface area contributed by atoms with Crippen molar-refractivity contribution in [2.75, 3.05) is 20.2 Å². The van der Waals surface area contributed by atoms with E-state index in [9.17, 15) is 19.1 Å². The molecule has 0 bridgehead atoms. The molecule has 3 amide bonds. The first-order valence-corrected chi connectivity index (χ1v) is 10.1. The number of fused-ring (bicyclic) bond motifs is 3. The predicted molar refractivity (Wildman–Crippen MR) is 109 cm³/mol. The highest BCUT2D eigenvalue weighted by Crippen LogP contribution is 2.38. The van der Waals surface area contributed by atoms with Crippen LogP contribution in [0, 0.1) is 5.82 Å². The molecule has 3 aliphatic rings. The number of hydrogen-bond donors (Lipinski definition) is 1. The Morgan fingerprint density at radius 3 is 2.60 bits per heavy atom. The Labute approximate surface area is 178 Å². The SMILES string of the molecule is CC1=C(C)N2C(=NC3C2C(=O)N(Cc2c(F)cccc2Cl)C(=O)N3C)N1CCCO. The number of nitrogens with zero attached hydrogens (tertiary/aromatic N) is 5. The molecule has 30 heavy (non-hydrogen) atoms. The van der Waals surface area contributed by atoms with Crippen LogP contribution >= 0.6 is 11.6 Å². The normalized spacial score (nSPS) is 23.5. The number of imide groups is 1. The summed E-state index contributed by atoms with van der Waals surface area (Å²) in [6.45, 7) is 4.16. The fraction of sp³-hybridized carbons (Fsp3) is 0.450. The summed E-state index contributed by atoms with van der Waals surface area (Å²) in [7, 11) is 1.58. The maximum absolute atomic E-state index is 14.3. The third kappa shape index (κ3) is 2.95. The first-order chi connectivity index (χ1) is 14.3. The van der Waals surface area contributed by atoms with Crippen LogP contribution < -0.4 is 0 Å². The van der Waals surface area contributed by atoms with E-state index in [1.54, 1.807) is 7.05 Å². The Morgan fingerprint density at radius 1 is 1.20 bits per heavy atom. The number of allylic oxidation sites excluding steroid dienone is 2. The summed E-state index contributed by atoms with van der Waals surface area (Å²) in [4.78, 5) is 37.3. The van der Waals surface area contributed by atoms with Gasteiger partial charge < -0.3 is 14.9 Å². The predicted octanol–water partition coefficient (Wildman–Crippen LogP) is 2.19. The van der Waals surface area contributed by atoms with Gasteiger partial charge in [0.15, 0.2) is 12.2 Å². The van der Waals surface area contributed by atoms with Gasteiger partial charge in [-0.15, -0.1) is 0 Å². The summed E-state index contributed by atoms with van der Waals surface area (Å²) >= 11 is 6.12. The third-order valence-electron chi connectivity index (χ3n) is 5.92. The number of likely N-dealkylation sites (N-methyl/N-ethyl adjacent to an activating group) is 1. The van der Waals surface area contributed by atoms with E-state index in [1.165, 1.54) is 23.1 Å². The molecule has 2 atom stereocenters. The van der Waals surface area contributed by atoms with Crippen LogP contribution in [0.15, 0.2) is 34.6 Å². The van der Waals surface area contributed by atoms with Crippen molar-refractivity contribution in [1.29, 1.82) is 0 Å². The second-order valence-corrected chi connectivity index (χ2v) is 7.98. The average Bonchev–Trinajstić information content (AvgIpc) is 3.20. The molecule has 0 aliphatic carbocycles. The molecule has 1 N–H and O–H groups in total. The van der Waals surface area contributed by atoms with E-state index in [4.69, 9.17) is 11.6 Å². The van der Waals surface area contributed by atoms with Crippen LogP contribution in [-0.2, 0) is 11.3 Å². The minimum absolute atomic E-state index is 0.0391. The van der Waals surface area contributed by atoms with Crippen LogP contribution in [0.2, 0.25) is 5.02 Å². The zero-order chi connectivity index (χ0) is 21.7. The van der Waals surface area contributed by atoms with Gasteiger partial charge in [-0.3, -0.25) is 14.6 Å². The summed E-state index contributed by atoms with van der Waals surface area (Å²) in [6.07, 6.45) is -0.125. The van der Waals surface area contributed by atoms with Crippen molar-refractivity contribution in [3.63, 3.8) is 0 Å². The van der Waals surface area contributed by atoms with Gasteiger partial charge >= 0.3 is 6.03 Å². The van der Waals surface area contributed by atoms with E-state index in [2.05, 4.69) is 4.99 Å². The average molecular weight is 436 g/mol. The van der Waals surface area contributed by atoms with Crippen LogP contribution in [0.3, 0.4) is 0 Å². The van der Waals surface area contributed by atoms with Crippen molar-refractivity contribution in [2.24, 2.45) is 4.99 Å². The molecule has 0 saturated carbocycles. The summed E-state index contributed by atoms with van der Waals surface area (Å²) in [5.74, 6) is -0.427. The molecule has 160 valence electrons. The lowest BCUT2D eigenvalue weighted by atomic mass is 10.1. The molecule has 0 spiro atoms. The molecule has 1 aromatic carbocycles. The number of rotatable bonds is 5. The van der Waals surface area contributed by atoms with Gasteiger partial charge in [-0.1, -0.05) is 17.7 Å². The van der Waals surface area contributed by atoms with Gasteiger partial charge in [-0.2, -0.15) is 0 Å². The fourth-order valence-electron chi connectivity index (χ4n) is 4.16. The standard InChI is InChI=1S/C20H23ClFN5O3/c1-11-12(2)27-16-17(23-19(27)25(11)8-5-9-28)24(3)20(30)26(18(16)29)10-13-14(21)6-4-7-15(13)22/h4,6-7,16-17,28H,5,8-10H2,1-3H3. The Kier molecular flexibility index (Phi) is 5.19. The Hall–Kier alpha value is -2.65. The molecule has 4 rings (SSSR count). The van der Waals surface area contributed by atoms with Crippen molar-refractivity contribution >= 4 is 29.5 Å². The number of guanidine groups is 1. The van der Waals surface area contributed by atoms with Crippen molar-refractivity contribution in [2.45, 2.75) is 39.0 Å². The number of aliphatic imine (C=N–C) groups is 1. The number of carbonyl (C=O) groups excluding carboxylic acids is 2. The van der Waals surface area contributed by atoms with Crippen molar-refractivity contribution < 1.29 is 19.1 Å². The number of urea groups is 1. The number of aliphatic hydroxyl groups is 1. The maximum Gasteiger partial charge on any atom is 0.328 e. The van der Waals surface area contributed by atoms with Gasteiger partial charge in [0.25, 0.3) is 5.91 Å². The van der Waals surface area contributed by atoms with Crippen molar-refractivity contribution in [1.82, 2.24) is 19.6 Å². The van der Waals surface area contributed by atoms with Crippen LogP contribution in [0.5, 0.6) is 0 Å². The van der Waals surface area contributed by atoms with Crippen molar-refractivity contribution in [3.05, 3.63) is 46.0 Å². The number of halogens is 2. The van der Waals surface area contributed by atoms with Gasteiger partial charge in [0.1, 0.15) is 5.82 Å². The summed E-state index contributed by atoms with van der Waals surface area (Å²) in [5, 5.41) is 9.37. The van der Waals surface area contributed by atoms with E-state index in [0.717, 1.165) is 16.3 Å². The molecule has 0 aromatic heterocycles. The fourth-order valence-corrected chi connectivity index (χ4v) is 4.39. The highest BCUT2D eigenvalue weighted by molar-refractivity contribution is 6.31. The van der Waals surface area contributed by atoms with Gasteiger partial charge in [0, 0.05) is 42.2 Å². The van der Waals surface area contributed by atoms with E-state index in [1.807, 2.05) is 23.6 Å². The first-order valence-electron chi connectivity index (χ1n) is 9.72. The summed E-state index contributed by atoms with van der Waals surface area (Å²) in [6, 6.07) is 2.97. The topological polar surface area (TPSA) is 79.7 Å². The van der Waals surface area contributed by atoms with E-state index < -0.39 is 30.0 Å². The van der Waals surface area contributed by atoms with E-state index >= 15 is 0 Å². The van der Waals surface area contributed by atoms with Crippen LogP contribution in [-0.4, -0.2) is 75.0 Å². The highest BCUT2D eigenvalue weighted by Gasteiger charge is 2.55. The number of carbonyl (C=O) groups is 2. The Balaban J connectivity index is 1.68. The lowest BCUT2D eigenvalue weighted by Crippen LogP contribution is -2.64.